The van der Waals surface area contributed by atoms with Gasteiger partial charge in [0.1, 0.15) is 11.5 Å². The van der Waals surface area contributed by atoms with Gasteiger partial charge in [-0.3, -0.25) is 4.79 Å². The Hall–Kier alpha value is -2.37. The quantitative estimate of drug-likeness (QED) is 0.764. The Morgan fingerprint density at radius 1 is 1.19 bits per heavy atom. The second-order valence-electron chi connectivity index (χ2n) is 5.12. The van der Waals surface area contributed by atoms with Crippen LogP contribution in [0, 0.1) is 5.92 Å². The van der Waals surface area contributed by atoms with Gasteiger partial charge < -0.3 is 9.47 Å². The van der Waals surface area contributed by atoms with Crippen LogP contribution in [0.25, 0.3) is 11.3 Å². The van der Waals surface area contributed by atoms with Gasteiger partial charge in [0.2, 0.25) is 0 Å². The first kappa shape index (κ1) is 15.0. The molecule has 112 valence electrons. The van der Waals surface area contributed by atoms with Crippen LogP contribution < -0.4 is 9.47 Å². The lowest BCUT2D eigenvalue weighted by molar-refractivity contribution is 0.111. The summed E-state index contributed by atoms with van der Waals surface area (Å²) in [4.78, 5) is 11.2. The van der Waals surface area contributed by atoms with Gasteiger partial charge in [0.05, 0.1) is 19.9 Å². The number of aldehydes is 1. The first-order valence-electron chi connectivity index (χ1n) is 6.71. The molecule has 0 fully saturated rings. The first-order valence-corrected chi connectivity index (χ1v) is 6.71. The number of rotatable bonds is 6. The van der Waals surface area contributed by atoms with Crippen molar-refractivity contribution in [2.45, 2.75) is 20.4 Å². The highest BCUT2D eigenvalue weighted by atomic mass is 16.5. The zero-order valence-electron chi connectivity index (χ0n) is 12.7. The number of benzene rings is 1. The van der Waals surface area contributed by atoms with Crippen molar-refractivity contribution in [3.63, 3.8) is 0 Å². The van der Waals surface area contributed by atoms with E-state index in [0.29, 0.717) is 41.6 Å². The molecular weight excluding hydrogens is 270 g/mol. The van der Waals surface area contributed by atoms with E-state index >= 15 is 0 Å². The molecule has 0 unspecified atom stereocenters. The smallest absolute Gasteiger partial charge is 0.172 e. The van der Waals surface area contributed by atoms with Crippen molar-refractivity contribution in [2.24, 2.45) is 5.92 Å². The molecular formula is C15H19N3O3. The Kier molecular flexibility index (Phi) is 4.57. The molecule has 2 aromatic rings. The third-order valence-electron chi connectivity index (χ3n) is 3.04. The summed E-state index contributed by atoms with van der Waals surface area (Å²) < 4.78 is 12.3. The van der Waals surface area contributed by atoms with Crippen LogP contribution in [0.4, 0.5) is 0 Å². The van der Waals surface area contributed by atoms with E-state index in [2.05, 4.69) is 24.2 Å². The van der Waals surface area contributed by atoms with E-state index in [0.717, 1.165) is 5.56 Å². The maximum absolute atomic E-state index is 11.2. The number of hydrogen-bond donors (Lipinski definition) is 0. The van der Waals surface area contributed by atoms with Crippen LogP contribution in [-0.2, 0) is 6.54 Å². The standard InChI is InChI=1S/C15H19N3O3/c1-10(2)8-18-15(14(9-19)16-17-18)11-5-12(20-3)7-13(6-11)21-4/h5-7,9-10H,8H2,1-4H3. The average molecular weight is 289 g/mol. The Morgan fingerprint density at radius 2 is 1.81 bits per heavy atom. The third kappa shape index (κ3) is 3.21. The Labute approximate surface area is 123 Å². The summed E-state index contributed by atoms with van der Waals surface area (Å²) in [7, 11) is 3.17. The van der Waals surface area contributed by atoms with Crippen LogP contribution in [0.5, 0.6) is 11.5 Å². The van der Waals surface area contributed by atoms with E-state index in [4.69, 9.17) is 9.47 Å². The first-order chi connectivity index (χ1) is 10.1. The molecule has 1 aromatic carbocycles. The number of carbonyl (C=O) groups excluding carboxylic acids is 1. The van der Waals surface area contributed by atoms with Crippen LogP contribution in [0.15, 0.2) is 18.2 Å². The van der Waals surface area contributed by atoms with Gasteiger partial charge in [0.15, 0.2) is 12.0 Å². The maximum atomic E-state index is 11.2. The van der Waals surface area contributed by atoms with E-state index in [1.807, 2.05) is 12.1 Å². The van der Waals surface area contributed by atoms with Gasteiger partial charge in [-0.15, -0.1) is 5.10 Å². The highest BCUT2D eigenvalue weighted by molar-refractivity contribution is 5.83. The molecule has 1 aromatic heterocycles. The Bertz CT molecular complexity index is 613. The van der Waals surface area contributed by atoms with E-state index in [1.54, 1.807) is 25.0 Å². The molecule has 0 bridgehead atoms. The van der Waals surface area contributed by atoms with Crippen molar-refractivity contribution in [3.05, 3.63) is 23.9 Å². The average Bonchev–Trinajstić information content (AvgIpc) is 2.88. The molecule has 2 rings (SSSR count). The number of ether oxygens (including phenoxy) is 2. The third-order valence-corrected chi connectivity index (χ3v) is 3.04. The Morgan fingerprint density at radius 3 is 2.29 bits per heavy atom. The number of aromatic nitrogens is 3. The summed E-state index contributed by atoms with van der Waals surface area (Å²) in [5.41, 5.74) is 1.78. The minimum Gasteiger partial charge on any atom is -0.497 e. The van der Waals surface area contributed by atoms with Crippen LogP contribution in [0.1, 0.15) is 24.3 Å². The number of nitrogens with zero attached hydrogens (tertiary/aromatic N) is 3. The molecule has 0 aliphatic rings. The lowest BCUT2D eigenvalue weighted by atomic mass is 10.1. The van der Waals surface area contributed by atoms with Gasteiger partial charge in [-0.2, -0.15) is 0 Å². The van der Waals surface area contributed by atoms with Gasteiger partial charge in [0.25, 0.3) is 0 Å². The van der Waals surface area contributed by atoms with E-state index < -0.39 is 0 Å². The Balaban J connectivity index is 2.58. The van der Waals surface area contributed by atoms with Crippen LogP contribution in [0.3, 0.4) is 0 Å². The zero-order valence-corrected chi connectivity index (χ0v) is 12.7. The van der Waals surface area contributed by atoms with E-state index in [1.165, 1.54) is 0 Å². The van der Waals surface area contributed by atoms with Crippen molar-refractivity contribution < 1.29 is 14.3 Å². The second-order valence-corrected chi connectivity index (χ2v) is 5.12. The number of hydrogen-bond acceptors (Lipinski definition) is 5. The van der Waals surface area contributed by atoms with Gasteiger partial charge in [-0.05, 0) is 18.1 Å². The van der Waals surface area contributed by atoms with Crippen molar-refractivity contribution in [1.82, 2.24) is 15.0 Å². The minimum absolute atomic E-state index is 0.311. The predicted octanol–water partition coefficient (Wildman–Crippen LogP) is 2.43. The highest BCUT2D eigenvalue weighted by Crippen LogP contribution is 2.31. The molecule has 0 aliphatic carbocycles. The van der Waals surface area contributed by atoms with Gasteiger partial charge in [0, 0.05) is 18.2 Å². The van der Waals surface area contributed by atoms with Crippen LogP contribution >= 0.6 is 0 Å². The fourth-order valence-corrected chi connectivity index (χ4v) is 2.12. The topological polar surface area (TPSA) is 66.2 Å². The summed E-state index contributed by atoms with van der Waals surface area (Å²) in [6.45, 7) is 4.84. The molecule has 0 radical (unpaired) electrons. The van der Waals surface area contributed by atoms with E-state index in [-0.39, 0.29) is 0 Å². The summed E-state index contributed by atoms with van der Waals surface area (Å²) in [6.07, 6.45) is 0.713. The molecule has 6 nitrogen and oxygen atoms in total. The summed E-state index contributed by atoms with van der Waals surface area (Å²) >= 11 is 0. The summed E-state index contributed by atoms with van der Waals surface area (Å²) in [5.74, 6) is 1.69. The lowest BCUT2D eigenvalue weighted by Gasteiger charge is -2.12. The van der Waals surface area contributed by atoms with Crippen molar-refractivity contribution in [1.29, 1.82) is 0 Å². The molecule has 0 saturated heterocycles. The lowest BCUT2D eigenvalue weighted by Crippen LogP contribution is -2.08. The molecule has 1 heterocycles. The largest absolute Gasteiger partial charge is 0.497 e. The molecule has 0 aliphatic heterocycles. The SMILES string of the molecule is COc1cc(OC)cc(-c2c(C=O)nnn2CC(C)C)c1. The fourth-order valence-electron chi connectivity index (χ4n) is 2.12. The summed E-state index contributed by atoms with van der Waals surface area (Å²) in [6, 6.07) is 5.46. The van der Waals surface area contributed by atoms with Crippen molar-refractivity contribution >= 4 is 6.29 Å². The van der Waals surface area contributed by atoms with Crippen LogP contribution in [0.2, 0.25) is 0 Å². The van der Waals surface area contributed by atoms with Gasteiger partial charge in [-0.25, -0.2) is 4.68 Å². The second kappa shape index (κ2) is 6.39. The predicted molar refractivity (Wildman–Crippen MR) is 78.8 cm³/mol. The molecule has 21 heavy (non-hydrogen) atoms. The molecule has 0 spiro atoms. The van der Waals surface area contributed by atoms with Crippen LogP contribution in [-0.4, -0.2) is 35.5 Å². The molecule has 0 amide bonds. The normalized spacial score (nSPS) is 10.7. The number of methoxy groups -OCH3 is 2. The molecule has 0 atom stereocenters. The van der Waals surface area contributed by atoms with Gasteiger partial charge in [-0.1, -0.05) is 19.1 Å². The minimum atomic E-state index is 0.311. The molecule has 0 saturated carbocycles. The molecule has 0 N–H and O–H groups in total. The fraction of sp³-hybridized carbons (Fsp3) is 0.400. The monoisotopic (exact) mass is 289 g/mol. The highest BCUT2D eigenvalue weighted by Gasteiger charge is 2.17. The zero-order chi connectivity index (χ0) is 15.4. The van der Waals surface area contributed by atoms with E-state index in [9.17, 15) is 4.79 Å². The van der Waals surface area contributed by atoms with Crippen molar-refractivity contribution in [2.75, 3.05) is 14.2 Å². The number of carbonyl (C=O) groups is 1. The van der Waals surface area contributed by atoms with Crippen molar-refractivity contribution in [3.8, 4) is 22.8 Å². The molecule has 6 heteroatoms. The summed E-state index contributed by atoms with van der Waals surface area (Å²) in [5, 5.41) is 8.01. The maximum Gasteiger partial charge on any atom is 0.172 e. The van der Waals surface area contributed by atoms with Gasteiger partial charge >= 0.3 is 0 Å².